The predicted octanol–water partition coefficient (Wildman–Crippen LogP) is 6.96. The Morgan fingerprint density at radius 3 is 2.36 bits per heavy atom. The second-order valence-electron chi connectivity index (χ2n) is 13.2. The third kappa shape index (κ3) is 12.3. The van der Waals surface area contributed by atoms with E-state index in [1.54, 1.807) is 4.90 Å². The van der Waals surface area contributed by atoms with E-state index in [1.165, 1.54) is 0 Å². The van der Waals surface area contributed by atoms with Gasteiger partial charge in [0.25, 0.3) is 0 Å². The molecule has 0 saturated carbocycles. The summed E-state index contributed by atoms with van der Waals surface area (Å²) in [5.41, 5.74) is 3.39. The molecule has 1 saturated heterocycles. The van der Waals surface area contributed by atoms with E-state index in [9.17, 15) is 14.4 Å². The van der Waals surface area contributed by atoms with Gasteiger partial charge in [0, 0.05) is 19.6 Å². The number of hydrogen-bond acceptors (Lipinski definition) is 6. The Labute approximate surface area is 279 Å². The highest BCUT2D eigenvalue weighted by atomic mass is 16.6. The molecule has 3 aromatic rings. The fourth-order valence-corrected chi connectivity index (χ4v) is 5.50. The molecule has 9 nitrogen and oxygen atoms in total. The highest BCUT2D eigenvalue weighted by molar-refractivity contribution is 5.85. The first kappa shape index (κ1) is 35.3. The van der Waals surface area contributed by atoms with Gasteiger partial charge in [0.1, 0.15) is 24.0 Å². The molecule has 1 heterocycles. The number of aryl methyl sites for hydroxylation is 2. The fraction of sp³-hybridized carbons (Fsp3) is 0.447. The molecule has 0 radical (unpaired) electrons. The summed E-state index contributed by atoms with van der Waals surface area (Å²) in [7, 11) is 0. The summed E-state index contributed by atoms with van der Waals surface area (Å²) < 4.78 is 17.1. The smallest absolute Gasteiger partial charge is 0.410 e. The number of ether oxygens (including phenoxy) is 3. The molecule has 47 heavy (non-hydrogen) atoms. The van der Waals surface area contributed by atoms with E-state index in [1.807, 2.05) is 107 Å². The quantitative estimate of drug-likeness (QED) is 0.209. The topological polar surface area (TPSA) is 106 Å². The molecule has 0 spiro atoms. The second kappa shape index (κ2) is 17.4. The van der Waals surface area contributed by atoms with Gasteiger partial charge < -0.3 is 29.7 Å². The number of nitrogens with zero attached hydrogens (tertiary/aromatic N) is 1. The highest BCUT2D eigenvalue weighted by Crippen LogP contribution is 2.23. The predicted molar refractivity (Wildman–Crippen MR) is 182 cm³/mol. The standard InChI is InChI=1S/C38H49N3O6/c1-28-17-19-33(45-23-21-30-16-11-22-41(26-30)37(44)47-38(2,3)4)24-32(28)25-39-35(42)34(20-18-29-12-7-5-8-13-29)40-36(43)46-27-31-14-9-6-10-15-31/h5-10,12-15,17,19,24,30,34H,11,16,18,20-23,25-27H2,1-4H3,(H,39,42)(H,40,43)/t30?,34-/m0/s1. The molecule has 1 aliphatic rings. The van der Waals surface area contributed by atoms with Crippen LogP contribution in [0.4, 0.5) is 9.59 Å². The Hall–Kier alpha value is -4.53. The zero-order valence-electron chi connectivity index (χ0n) is 28.1. The summed E-state index contributed by atoms with van der Waals surface area (Å²) >= 11 is 0. The Kier molecular flexibility index (Phi) is 13.1. The molecule has 0 aromatic heterocycles. The van der Waals surface area contributed by atoms with E-state index < -0.39 is 17.7 Å². The van der Waals surface area contributed by atoms with Gasteiger partial charge in [-0.3, -0.25) is 4.79 Å². The van der Waals surface area contributed by atoms with Crippen molar-refractivity contribution in [3.63, 3.8) is 0 Å². The first-order chi connectivity index (χ1) is 22.6. The lowest BCUT2D eigenvalue weighted by Crippen LogP contribution is -2.47. The molecule has 9 heteroatoms. The molecule has 0 bridgehead atoms. The number of nitrogens with one attached hydrogen (secondary N) is 2. The van der Waals surface area contributed by atoms with Gasteiger partial charge in [-0.2, -0.15) is 0 Å². The SMILES string of the molecule is Cc1ccc(OCCC2CCCN(C(=O)OC(C)(C)C)C2)cc1CNC(=O)[C@H](CCc1ccccc1)NC(=O)OCc1ccccc1. The maximum Gasteiger partial charge on any atom is 0.410 e. The summed E-state index contributed by atoms with van der Waals surface area (Å²) in [5, 5.41) is 5.78. The molecule has 1 unspecified atom stereocenters. The monoisotopic (exact) mass is 643 g/mol. The molecule has 1 fully saturated rings. The zero-order chi connectivity index (χ0) is 33.6. The molecule has 0 aliphatic carbocycles. The zero-order valence-corrected chi connectivity index (χ0v) is 28.1. The van der Waals surface area contributed by atoms with Crippen LogP contribution in [0.15, 0.2) is 78.9 Å². The second-order valence-corrected chi connectivity index (χ2v) is 13.2. The Balaban J connectivity index is 1.29. The van der Waals surface area contributed by atoms with Gasteiger partial charge in [0.05, 0.1) is 6.61 Å². The van der Waals surface area contributed by atoms with E-state index in [2.05, 4.69) is 10.6 Å². The van der Waals surface area contributed by atoms with Crippen LogP contribution in [0, 0.1) is 12.8 Å². The van der Waals surface area contributed by atoms with Crippen LogP contribution in [0.2, 0.25) is 0 Å². The third-order valence-corrected chi connectivity index (χ3v) is 8.13. The number of alkyl carbamates (subject to hydrolysis) is 1. The Bertz CT molecular complexity index is 1440. The summed E-state index contributed by atoms with van der Waals surface area (Å²) in [6, 6.07) is 24.4. The van der Waals surface area contributed by atoms with Crippen molar-refractivity contribution in [2.45, 2.75) is 84.6 Å². The van der Waals surface area contributed by atoms with Gasteiger partial charge in [0.15, 0.2) is 0 Å². The molecule has 2 N–H and O–H groups in total. The van der Waals surface area contributed by atoms with Crippen molar-refractivity contribution < 1.29 is 28.6 Å². The van der Waals surface area contributed by atoms with Crippen LogP contribution in [-0.2, 0) is 33.8 Å². The number of benzene rings is 3. The number of piperidine rings is 1. The molecular formula is C38H49N3O6. The fourth-order valence-electron chi connectivity index (χ4n) is 5.50. The van der Waals surface area contributed by atoms with Crippen LogP contribution in [0.5, 0.6) is 5.75 Å². The van der Waals surface area contributed by atoms with Crippen LogP contribution < -0.4 is 15.4 Å². The minimum atomic E-state index is -0.769. The lowest BCUT2D eigenvalue weighted by atomic mass is 9.95. The summed E-state index contributed by atoms with van der Waals surface area (Å²) in [6.45, 7) is 9.96. The van der Waals surface area contributed by atoms with Crippen LogP contribution in [0.1, 0.15) is 68.7 Å². The number of rotatable bonds is 13. The largest absolute Gasteiger partial charge is 0.494 e. The van der Waals surface area contributed by atoms with E-state index in [-0.39, 0.29) is 25.2 Å². The average molecular weight is 644 g/mol. The van der Waals surface area contributed by atoms with Crippen molar-refractivity contribution in [3.8, 4) is 5.75 Å². The number of likely N-dealkylation sites (tertiary alicyclic amines) is 1. The van der Waals surface area contributed by atoms with E-state index in [0.29, 0.717) is 31.9 Å². The highest BCUT2D eigenvalue weighted by Gasteiger charge is 2.27. The minimum absolute atomic E-state index is 0.119. The van der Waals surface area contributed by atoms with E-state index in [4.69, 9.17) is 14.2 Å². The Morgan fingerprint density at radius 2 is 1.66 bits per heavy atom. The Morgan fingerprint density at radius 1 is 0.957 bits per heavy atom. The molecule has 3 aromatic carbocycles. The lowest BCUT2D eigenvalue weighted by molar-refractivity contribution is -0.123. The molecule has 2 atom stereocenters. The van der Waals surface area contributed by atoms with Crippen LogP contribution in [0.3, 0.4) is 0 Å². The van der Waals surface area contributed by atoms with Crippen molar-refractivity contribution in [2.75, 3.05) is 19.7 Å². The summed E-state index contributed by atoms with van der Waals surface area (Å²) in [5.74, 6) is 0.790. The maximum atomic E-state index is 13.4. The molecule has 3 amide bonds. The number of carbonyl (C=O) groups excluding carboxylic acids is 3. The normalized spacial score (nSPS) is 15.3. The molecular weight excluding hydrogens is 594 g/mol. The van der Waals surface area contributed by atoms with Gasteiger partial charge in [-0.1, -0.05) is 66.7 Å². The van der Waals surface area contributed by atoms with E-state index >= 15 is 0 Å². The molecule has 1 aliphatic heterocycles. The van der Waals surface area contributed by atoms with Gasteiger partial charge in [-0.05, 0) is 100 Å². The number of amides is 3. The maximum absolute atomic E-state index is 13.4. The van der Waals surface area contributed by atoms with Crippen molar-refractivity contribution in [1.82, 2.24) is 15.5 Å². The third-order valence-electron chi connectivity index (χ3n) is 8.13. The van der Waals surface area contributed by atoms with Gasteiger partial charge in [0.2, 0.25) is 5.91 Å². The minimum Gasteiger partial charge on any atom is -0.494 e. The molecule has 4 rings (SSSR count). The van der Waals surface area contributed by atoms with Gasteiger partial charge in [-0.15, -0.1) is 0 Å². The molecule has 252 valence electrons. The van der Waals surface area contributed by atoms with Crippen LogP contribution in [0.25, 0.3) is 0 Å². The average Bonchev–Trinajstić information content (AvgIpc) is 3.06. The van der Waals surface area contributed by atoms with Crippen LogP contribution >= 0.6 is 0 Å². The lowest BCUT2D eigenvalue weighted by Gasteiger charge is -2.34. The van der Waals surface area contributed by atoms with Crippen molar-refractivity contribution in [2.24, 2.45) is 5.92 Å². The van der Waals surface area contributed by atoms with Crippen molar-refractivity contribution in [3.05, 3.63) is 101 Å². The van der Waals surface area contributed by atoms with E-state index in [0.717, 1.165) is 53.8 Å². The summed E-state index contributed by atoms with van der Waals surface area (Å²) in [6.07, 6.45) is 2.98. The van der Waals surface area contributed by atoms with Crippen LogP contribution in [-0.4, -0.2) is 54.3 Å². The van der Waals surface area contributed by atoms with Crippen molar-refractivity contribution >= 4 is 18.1 Å². The van der Waals surface area contributed by atoms with Crippen molar-refractivity contribution in [1.29, 1.82) is 0 Å². The van der Waals surface area contributed by atoms with Gasteiger partial charge in [-0.25, -0.2) is 9.59 Å². The first-order valence-corrected chi connectivity index (χ1v) is 16.5. The van der Waals surface area contributed by atoms with Gasteiger partial charge >= 0.3 is 12.2 Å². The number of carbonyl (C=O) groups is 3. The number of hydrogen-bond donors (Lipinski definition) is 2. The first-order valence-electron chi connectivity index (χ1n) is 16.5. The summed E-state index contributed by atoms with van der Waals surface area (Å²) in [4.78, 5) is 40.4.